The maximum absolute atomic E-state index is 13.5. The van der Waals surface area contributed by atoms with E-state index in [4.69, 9.17) is 21.1 Å². The number of ether oxygens (including phenoxy) is 2. The molecule has 0 spiro atoms. The van der Waals surface area contributed by atoms with Gasteiger partial charge in [-0.15, -0.1) is 0 Å². The van der Waals surface area contributed by atoms with Crippen molar-refractivity contribution in [3.8, 4) is 5.75 Å². The molecular formula is C30H38ClN5O5. The number of halogens is 1. The number of likely N-dealkylation sites (N-methyl/N-ethyl adjacent to an activating group) is 1. The van der Waals surface area contributed by atoms with Gasteiger partial charge >= 0.3 is 6.03 Å². The number of anilines is 2. The second kappa shape index (κ2) is 13.5. The number of hydrogen-bond donors (Lipinski definition) is 3. The Morgan fingerprint density at radius 2 is 1.73 bits per heavy atom. The van der Waals surface area contributed by atoms with Gasteiger partial charge in [0.1, 0.15) is 18.5 Å². The van der Waals surface area contributed by atoms with Crippen molar-refractivity contribution in [2.75, 3.05) is 50.5 Å². The Morgan fingerprint density at radius 1 is 1.00 bits per heavy atom. The lowest BCUT2D eigenvalue weighted by molar-refractivity contribution is -0.134. The molecule has 0 radical (unpaired) electrons. The maximum atomic E-state index is 13.5. The van der Waals surface area contributed by atoms with Gasteiger partial charge in [-0.05, 0) is 81.2 Å². The molecule has 41 heavy (non-hydrogen) atoms. The summed E-state index contributed by atoms with van der Waals surface area (Å²) in [7, 11) is 1.76. The second-order valence-electron chi connectivity index (χ2n) is 10.9. The minimum absolute atomic E-state index is 0.00729. The van der Waals surface area contributed by atoms with E-state index in [0.717, 1.165) is 19.6 Å². The van der Waals surface area contributed by atoms with Gasteiger partial charge in [-0.3, -0.25) is 9.59 Å². The summed E-state index contributed by atoms with van der Waals surface area (Å²) in [6.45, 7) is 4.00. The highest BCUT2D eigenvalue weighted by Crippen LogP contribution is 2.32. The standard InChI is InChI=1S/C30H38ClN5O5/c1-35-25-11-10-23(18-28(37)32-13-16-36-14-3-2-4-15-36)41-27(25)19-40-26-12-9-22(17-24(26)29(35)38)34-30(39)33-21-7-5-20(31)6-8-21/h5-9,12,17,23,25,27H,2-4,10-11,13-16,18-19H2,1H3,(H,32,37)(H2,33,34,39)/t23-,25+,27-/m0/s1. The summed E-state index contributed by atoms with van der Waals surface area (Å²) in [4.78, 5) is 42.7. The van der Waals surface area contributed by atoms with Crippen molar-refractivity contribution in [2.45, 2.75) is 56.8 Å². The van der Waals surface area contributed by atoms with E-state index in [1.807, 2.05) is 0 Å². The average molecular weight is 584 g/mol. The molecule has 5 rings (SSSR count). The highest BCUT2D eigenvalue weighted by molar-refractivity contribution is 6.30. The monoisotopic (exact) mass is 583 g/mol. The van der Waals surface area contributed by atoms with Gasteiger partial charge in [-0.2, -0.15) is 0 Å². The van der Waals surface area contributed by atoms with Gasteiger partial charge in [0.15, 0.2) is 0 Å². The Morgan fingerprint density at radius 3 is 2.51 bits per heavy atom. The molecule has 0 bridgehead atoms. The van der Waals surface area contributed by atoms with E-state index >= 15 is 0 Å². The van der Waals surface area contributed by atoms with Gasteiger partial charge in [0, 0.05) is 36.5 Å². The highest BCUT2D eigenvalue weighted by Gasteiger charge is 2.39. The summed E-state index contributed by atoms with van der Waals surface area (Å²) in [5, 5.41) is 9.12. The van der Waals surface area contributed by atoms with Crippen molar-refractivity contribution in [1.82, 2.24) is 15.1 Å². The topological polar surface area (TPSA) is 112 Å². The number of carbonyl (C=O) groups excluding carboxylic acids is 3. The first-order chi connectivity index (χ1) is 19.9. The molecule has 10 nitrogen and oxygen atoms in total. The normalized spacial score (nSPS) is 22.8. The fraction of sp³-hybridized carbons (Fsp3) is 0.500. The third kappa shape index (κ3) is 7.69. The third-order valence-electron chi connectivity index (χ3n) is 7.98. The first-order valence-electron chi connectivity index (χ1n) is 14.4. The SMILES string of the molecule is CN1C(=O)c2cc(NC(=O)Nc3ccc(Cl)cc3)ccc2OC[C@@H]2O[C@H](CC(=O)NCCN3CCCCC3)CC[C@H]21. The van der Waals surface area contributed by atoms with Crippen LogP contribution in [0.25, 0.3) is 0 Å². The molecule has 0 aliphatic carbocycles. The van der Waals surface area contributed by atoms with Crippen LogP contribution in [0.3, 0.4) is 0 Å². The quantitative estimate of drug-likeness (QED) is 0.447. The number of rotatable bonds is 7. The maximum Gasteiger partial charge on any atom is 0.323 e. The summed E-state index contributed by atoms with van der Waals surface area (Å²) in [5.74, 6) is 0.200. The zero-order valence-electron chi connectivity index (χ0n) is 23.4. The molecule has 0 aromatic heterocycles. The largest absolute Gasteiger partial charge is 0.490 e. The number of nitrogens with zero attached hydrogens (tertiary/aromatic N) is 2. The minimum atomic E-state index is -0.442. The molecule has 3 heterocycles. The van der Waals surface area contributed by atoms with Crippen LogP contribution in [0.2, 0.25) is 5.02 Å². The molecule has 3 N–H and O–H groups in total. The summed E-state index contributed by atoms with van der Waals surface area (Å²) in [5.41, 5.74) is 1.42. The van der Waals surface area contributed by atoms with Crippen LogP contribution in [0.15, 0.2) is 42.5 Å². The number of likely N-dealkylation sites (tertiary alicyclic amines) is 1. The van der Waals surface area contributed by atoms with E-state index < -0.39 is 6.03 Å². The number of hydrogen-bond acceptors (Lipinski definition) is 6. The fourth-order valence-electron chi connectivity index (χ4n) is 5.75. The molecule has 4 amide bonds. The lowest BCUT2D eigenvalue weighted by Crippen LogP contribution is -2.54. The van der Waals surface area contributed by atoms with Gasteiger partial charge < -0.3 is 35.2 Å². The van der Waals surface area contributed by atoms with E-state index in [2.05, 4.69) is 20.9 Å². The van der Waals surface area contributed by atoms with E-state index in [-0.39, 0.29) is 36.7 Å². The van der Waals surface area contributed by atoms with Gasteiger partial charge in [0.2, 0.25) is 5.91 Å². The first kappa shape index (κ1) is 29.2. The van der Waals surface area contributed by atoms with Crippen LogP contribution in [0, 0.1) is 0 Å². The van der Waals surface area contributed by atoms with Crippen LogP contribution in [-0.2, 0) is 9.53 Å². The van der Waals surface area contributed by atoms with Crippen LogP contribution < -0.4 is 20.7 Å². The molecular weight excluding hydrogens is 546 g/mol. The lowest BCUT2D eigenvalue weighted by atomic mass is 9.94. The molecule has 220 valence electrons. The molecule has 3 aliphatic rings. The Labute approximate surface area is 245 Å². The Balaban J connectivity index is 1.15. The predicted octanol–water partition coefficient (Wildman–Crippen LogP) is 4.36. The van der Waals surface area contributed by atoms with Gasteiger partial charge in [-0.25, -0.2) is 4.79 Å². The third-order valence-corrected chi connectivity index (χ3v) is 8.24. The average Bonchev–Trinajstić information content (AvgIpc) is 2.97. The molecule has 3 atom stereocenters. The lowest BCUT2D eigenvalue weighted by Gasteiger charge is -2.42. The number of carbonyl (C=O) groups is 3. The first-order valence-corrected chi connectivity index (χ1v) is 14.8. The van der Waals surface area contributed by atoms with Crippen molar-refractivity contribution in [3.63, 3.8) is 0 Å². The summed E-state index contributed by atoms with van der Waals surface area (Å²) < 4.78 is 12.4. The van der Waals surface area contributed by atoms with Gasteiger partial charge in [0.05, 0.1) is 24.1 Å². The van der Waals surface area contributed by atoms with Gasteiger partial charge in [0.25, 0.3) is 5.91 Å². The van der Waals surface area contributed by atoms with Crippen molar-refractivity contribution in [1.29, 1.82) is 0 Å². The number of amides is 4. The van der Waals surface area contributed by atoms with E-state index in [0.29, 0.717) is 53.5 Å². The Kier molecular flexibility index (Phi) is 9.64. The fourth-order valence-corrected chi connectivity index (χ4v) is 5.87. The summed E-state index contributed by atoms with van der Waals surface area (Å²) >= 11 is 5.90. The van der Waals surface area contributed by atoms with Crippen LogP contribution >= 0.6 is 11.6 Å². The number of piperidine rings is 1. The molecule has 2 aromatic carbocycles. The predicted molar refractivity (Wildman–Crippen MR) is 158 cm³/mol. The number of nitrogens with one attached hydrogen (secondary N) is 3. The molecule has 0 unspecified atom stereocenters. The summed E-state index contributed by atoms with van der Waals surface area (Å²) in [6.07, 6.45) is 4.87. The molecule has 2 fully saturated rings. The highest BCUT2D eigenvalue weighted by atomic mass is 35.5. The van der Waals surface area contributed by atoms with Crippen molar-refractivity contribution >= 4 is 40.8 Å². The van der Waals surface area contributed by atoms with E-state index in [1.54, 1.807) is 54.4 Å². The number of fused-ring (bicyclic) bond motifs is 2. The Hall–Kier alpha value is -3.34. The van der Waals surface area contributed by atoms with Crippen LogP contribution in [0.5, 0.6) is 5.75 Å². The number of urea groups is 1. The van der Waals surface area contributed by atoms with Crippen molar-refractivity contribution in [3.05, 3.63) is 53.1 Å². The molecule has 11 heteroatoms. The zero-order chi connectivity index (χ0) is 28.8. The van der Waals surface area contributed by atoms with Crippen molar-refractivity contribution in [2.24, 2.45) is 0 Å². The summed E-state index contributed by atoms with van der Waals surface area (Å²) in [6, 6.07) is 11.1. The van der Waals surface area contributed by atoms with Crippen LogP contribution in [0.1, 0.15) is 48.9 Å². The Bertz CT molecular complexity index is 1240. The van der Waals surface area contributed by atoms with Crippen LogP contribution in [0.4, 0.5) is 16.2 Å². The second-order valence-corrected chi connectivity index (χ2v) is 11.4. The molecule has 2 aromatic rings. The molecule has 3 aliphatic heterocycles. The smallest absolute Gasteiger partial charge is 0.323 e. The van der Waals surface area contributed by atoms with Gasteiger partial charge in [-0.1, -0.05) is 18.0 Å². The zero-order valence-corrected chi connectivity index (χ0v) is 24.1. The van der Waals surface area contributed by atoms with E-state index in [9.17, 15) is 14.4 Å². The molecule has 2 saturated heterocycles. The number of benzene rings is 2. The minimum Gasteiger partial charge on any atom is -0.490 e. The van der Waals surface area contributed by atoms with E-state index in [1.165, 1.54) is 19.3 Å². The molecule has 0 saturated carbocycles. The van der Waals surface area contributed by atoms with Crippen LogP contribution in [-0.4, -0.2) is 85.7 Å². The van der Waals surface area contributed by atoms with Crippen molar-refractivity contribution < 1.29 is 23.9 Å².